The van der Waals surface area contributed by atoms with Gasteiger partial charge in [0.1, 0.15) is 11.6 Å². The van der Waals surface area contributed by atoms with Crippen molar-refractivity contribution in [1.82, 2.24) is 19.1 Å². The number of rotatable bonds is 3. The van der Waals surface area contributed by atoms with Crippen LogP contribution in [0.3, 0.4) is 0 Å². The van der Waals surface area contributed by atoms with Crippen LogP contribution in [0, 0.1) is 6.92 Å². The van der Waals surface area contributed by atoms with Gasteiger partial charge < -0.3 is 4.57 Å². The molecule has 0 atom stereocenters. The Labute approximate surface area is 128 Å². The van der Waals surface area contributed by atoms with E-state index in [1.54, 1.807) is 0 Å². The number of hydrogen-bond acceptors (Lipinski definition) is 5. The Hall–Kier alpha value is -2.06. The van der Waals surface area contributed by atoms with Crippen LogP contribution < -0.4 is 0 Å². The van der Waals surface area contributed by atoms with Crippen molar-refractivity contribution in [2.45, 2.75) is 31.8 Å². The molecule has 22 heavy (non-hydrogen) atoms. The normalized spacial score (nSPS) is 15.5. The highest BCUT2D eigenvalue weighted by atomic mass is 32.2. The smallest absolute Gasteiger partial charge is 0.243 e. The number of hydrogen-bond donors (Lipinski definition) is 0. The molecule has 2 heterocycles. The summed E-state index contributed by atoms with van der Waals surface area (Å²) in [6.45, 7) is 4.42. The third kappa shape index (κ3) is 2.44. The molecular weight excluding hydrogens is 304 g/mol. The first-order valence-electron chi connectivity index (χ1n) is 6.89. The fraction of sp³-hybridized carbons (Fsp3) is 0.357. The van der Waals surface area contributed by atoms with E-state index in [9.17, 15) is 13.2 Å². The van der Waals surface area contributed by atoms with E-state index in [-0.39, 0.29) is 17.2 Å². The van der Waals surface area contributed by atoms with Gasteiger partial charge in [0.05, 0.1) is 11.4 Å². The second-order valence-corrected chi connectivity index (χ2v) is 7.17. The summed E-state index contributed by atoms with van der Waals surface area (Å²) in [5.74, 6) is 1.34. The van der Waals surface area contributed by atoms with Crippen LogP contribution in [-0.2, 0) is 23.1 Å². The first-order valence-corrected chi connectivity index (χ1v) is 8.33. The number of nitrogens with zero attached hydrogens (tertiary/aromatic N) is 4. The van der Waals surface area contributed by atoms with Crippen LogP contribution in [0.2, 0.25) is 0 Å². The molecule has 0 N–H and O–H groups in total. The van der Waals surface area contributed by atoms with Crippen LogP contribution in [0.1, 0.15) is 28.9 Å². The lowest BCUT2D eigenvalue weighted by molar-refractivity contribution is 0.101. The predicted octanol–water partition coefficient (Wildman–Crippen LogP) is 0.994. The maximum atomic E-state index is 12.7. The Kier molecular flexibility index (Phi) is 3.57. The standard InChI is InChI=1S/C14H16N4O3S/c1-10(19)12-3-5-13(6-4-12)22(20,21)17-7-8-18-11(2)15-16-14(18)9-17/h3-6H,7-9H2,1-2H3. The number of fused-ring (bicyclic) bond motifs is 1. The van der Waals surface area contributed by atoms with Gasteiger partial charge in [0.15, 0.2) is 5.78 Å². The van der Waals surface area contributed by atoms with Gasteiger partial charge in [-0.15, -0.1) is 10.2 Å². The first kappa shape index (κ1) is 14.9. The van der Waals surface area contributed by atoms with Crippen molar-refractivity contribution < 1.29 is 13.2 Å². The summed E-state index contributed by atoms with van der Waals surface area (Å²) < 4.78 is 28.6. The summed E-state index contributed by atoms with van der Waals surface area (Å²) in [5.41, 5.74) is 0.493. The van der Waals surface area contributed by atoms with Gasteiger partial charge in [-0.2, -0.15) is 4.31 Å². The van der Waals surface area contributed by atoms with Crippen molar-refractivity contribution >= 4 is 15.8 Å². The number of aromatic nitrogens is 3. The van der Waals surface area contributed by atoms with Gasteiger partial charge in [-0.05, 0) is 26.0 Å². The molecule has 0 bridgehead atoms. The zero-order chi connectivity index (χ0) is 15.9. The van der Waals surface area contributed by atoms with Crippen molar-refractivity contribution in [3.8, 4) is 0 Å². The van der Waals surface area contributed by atoms with Crippen molar-refractivity contribution in [3.63, 3.8) is 0 Å². The quantitative estimate of drug-likeness (QED) is 0.787. The molecule has 8 heteroatoms. The van der Waals surface area contributed by atoms with E-state index in [2.05, 4.69) is 10.2 Å². The Morgan fingerprint density at radius 3 is 2.45 bits per heavy atom. The molecule has 1 aliphatic heterocycles. The zero-order valence-electron chi connectivity index (χ0n) is 12.4. The van der Waals surface area contributed by atoms with Gasteiger partial charge >= 0.3 is 0 Å². The molecule has 0 spiro atoms. The molecule has 0 fully saturated rings. The molecule has 7 nitrogen and oxygen atoms in total. The number of carbonyl (C=O) groups is 1. The first-order chi connectivity index (χ1) is 10.4. The molecule has 1 aromatic heterocycles. The summed E-state index contributed by atoms with van der Waals surface area (Å²) >= 11 is 0. The number of benzene rings is 1. The van der Waals surface area contributed by atoms with Crippen LogP contribution in [0.4, 0.5) is 0 Å². The molecule has 0 saturated heterocycles. The lowest BCUT2D eigenvalue weighted by Crippen LogP contribution is -2.38. The minimum absolute atomic E-state index is 0.0921. The lowest BCUT2D eigenvalue weighted by Gasteiger charge is -2.26. The predicted molar refractivity (Wildman–Crippen MR) is 78.8 cm³/mol. The summed E-state index contributed by atoms with van der Waals surface area (Å²) in [7, 11) is -3.60. The van der Waals surface area contributed by atoms with E-state index < -0.39 is 10.0 Å². The van der Waals surface area contributed by atoms with Crippen molar-refractivity contribution in [3.05, 3.63) is 41.5 Å². The van der Waals surface area contributed by atoms with Crippen molar-refractivity contribution in [2.24, 2.45) is 0 Å². The van der Waals surface area contributed by atoms with Gasteiger partial charge in [0.2, 0.25) is 10.0 Å². The highest BCUT2D eigenvalue weighted by Gasteiger charge is 2.30. The summed E-state index contributed by atoms with van der Waals surface area (Å²) in [5, 5.41) is 7.99. The Morgan fingerprint density at radius 2 is 1.82 bits per heavy atom. The number of aryl methyl sites for hydroxylation is 1. The molecule has 1 aromatic carbocycles. The third-order valence-corrected chi connectivity index (χ3v) is 5.66. The lowest BCUT2D eigenvalue weighted by atomic mass is 10.2. The molecule has 0 saturated carbocycles. The van der Waals surface area contributed by atoms with Crippen LogP contribution in [0.5, 0.6) is 0 Å². The van der Waals surface area contributed by atoms with E-state index in [4.69, 9.17) is 0 Å². The maximum absolute atomic E-state index is 12.7. The summed E-state index contributed by atoms with van der Waals surface area (Å²) in [4.78, 5) is 11.5. The average molecular weight is 320 g/mol. The van der Waals surface area contributed by atoms with E-state index in [0.717, 1.165) is 5.82 Å². The fourth-order valence-electron chi connectivity index (χ4n) is 2.50. The highest BCUT2D eigenvalue weighted by Crippen LogP contribution is 2.21. The molecule has 1 aliphatic rings. The van der Waals surface area contributed by atoms with Gasteiger partial charge in [-0.1, -0.05) is 12.1 Å². The van der Waals surface area contributed by atoms with Crippen LogP contribution >= 0.6 is 0 Å². The topological polar surface area (TPSA) is 85.2 Å². The minimum atomic E-state index is -3.60. The van der Waals surface area contributed by atoms with E-state index in [1.165, 1.54) is 35.5 Å². The van der Waals surface area contributed by atoms with Crippen molar-refractivity contribution in [1.29, 1.82) is 0 Å². The van der Waals surface area contributed by atoms with Gasteiger partial charge in [-0.25, -0.2) is 8.42 Å². The second-order valence-electron chi connectivity index (χ2n) is 5.23. The van der Waals surface area contributed by atoms with Crippen LogP contribution in [-0.4, -0.2) is 39.8 Å². The summed E-state index contributed by atoms with van der Waals surface area (Å²) in [6.07, 6.45) is 0. The van der Waals surface area contributed by atoms with Gasteiger partial charge in [0, 0.05) is 18.7 Å². The van der Waals surface area contributed by atoms with E-state index in [0.29, 0.717) is 24.5 Å². The SMILES string of the molecule is CC(=O)c1ccc(S(=O)(=O)N2CCn3c(C)nnc3C2)cc1. The minimum Gasteiger partial charge on any atom is -0.313 e. The second kappa shape index (κ2) is 5.29. The number of sulfonamides is 1. The molecule has 0 aliphatic carbocycles. The maximum Gasteiger partial charge on any atom is 0.243 e. The van der Waals surface area contributed by atoms with Gasteiger partial charge in [0.25, 0.3) is 0 Å². The van der Waals surface area contributed by atoms with Crippen molar-refractivity contribution in [2.75, 3.05) is 6.54 Å². The summed E-state index contributed by atoms with van der Waals surface area (Å²) in [6, 6.07) is 6.00. The van der Waals surface area contributed by atoms with Crippen LogP contribution in [0.25, 0.3) is 0 Å². The molecule has 3 rings (SSSR count). The Morgan fingerprint density at radius 1 is 1.14 bits per heavy atom. The molecule has 2 aromatic rings. The Balaban J connectivity index is 1.89. The zero-order valence-corrected chi connectivity index (χ0v) is 13.2. The fourth-order valence-corrected chi connectivity index (χ4v) is 3.88. The highest BCUT2D eigenvalue weighted by molar-refractivity contribution is 7.89. The molecule has 0 unspecified atom stereocenters. The van der Waals surface area contributed by atoms with Gasteiger partial charge in [-0.3, -0.25) is 4.79 Å². The monoisotopic (exact) mass is 320 g/mol. The van der Waals surface area contributed by atoms with Crippen LogP contribution in [0.15, 0.2) is 29.2 Å². The average Bonchev–Trinajstić information content (AvgIpc) is 2.88. The number of carbonyl (C=O) groups excluding carboxylic acids is 1. The number of Topliss-reactive ketones (excluding diaryl/α,β-unsaturated/α-hetero) is 1. The van der Waals surface area contributed by atoms with E-state index in [1.807, 2.05) is 11.5 Å². The molecule has 116 valence electrons. The molecule has 0 radical (unpaired) electrons. The molecule has 0 amide bonds. The number of ketones is 1. The largest absolute Gasteiger partial charge is 0.313 e. The third-order valence-electron chi connectivity index (χ3n) is 3.80. The molecular formula is C14H16N4O3S. The van der Waals surface area contributed by atoms with E-state index >= 15 is 0 Å². The Bertz CT molecular complexity index is 824.